The number of aliphatic carboxylic acids is 1. The molecule has 0 fully saturated rings. The molecular formula is C25H32O5. The molecule has 30 heavy (non-hydrogen) atoms. The molecule has 0 saturated carbocycles. The Kier molecular flexibility index (Phi) is 7.01. The molecule has 1 aliphatic carbocycles. The zero-order valence-corrected chi connectivity index (χ0v) is 18.3. The molecule has 0 amide bonds. The van der Waals surface area contributed by atoms with Crippen molar-refractivity contribution in [2.75, 3.05) is 0 Å². The first-order chi connectivity index (χ1) is 14.3. The molecule has 5 heteroatoms. The molecule has 0 unspecified atom stereocenters. The summed E-state index contributed by atoms with van der Waals surface area (Å²) in [6.45, 7) is 6.62. The first-order valence-corrected chi connectivity index (χ1v) is 11.0. The Morgan fingerprint density at radius 1 is 1.13 bits per heavy atom. The average molecular weight is 413 g/mol. The SMILES string of the molecule is CCCCCCC(C)(C)c1cc(OC(=O)C=CC(=O)O)c2c3c(oc2c1)CCCC3. The van der Waals surface area contributed by atoms with E-state index in [2.05, 4.69) is 26.8 Å². The minimum atomic E-state index is -1.18. The number of fused-ring (bicyclic) bond motifs is 3. The standard InChI is InChI=1S/C25H32O5/c1-4-5-6-9-14-25(2,3)17-15-20-24(18-10-7-8-11-19(18)29-20)21(16-17)30-23(28)13-12-22(26)27/h12-13,15-16H,4-11,14H2,1-3H3,(H,26,27). The molecule has 0 radical (unpaired) electrons. The lowest BCUT2D eigenvalue weighted by atomic mass is 9.79. The first-order valence-electron chi connectivity index (χ1n) is 11.0. The van der Waals surface area contributed by atoms with Gasteiger partial charge in [0, 0.05) is 24.1 Å². The Hall–Kier alpha value is -2.56. The minimum absolute atomic E-state index is 0.0900. The van der Waals surface area contributed by atoms with E-state index in [4.69, 9.17) is 14.3 Å². The molecule has 1 aliphatic rings. The van der Waals surface area contributed by atoms with E-state index >= 15 is 0 Å². The van der Waals surface area contributed by atoms with E-state index in [0.717, 1.165) is 78.5 Å². The highest BCUT2D eigenvalue weighted by atomic mass is 16.5. The van der Waals surface area contributed by atoms with E-state index in [9.17, 15) is 9.59 Å². The summed E-state index contributed by atoms with van der Waals surface area (Å²) in [4.78, 5) is 23.0. The molecular weight excluding hydrogens is 380 g/mol. The van der Waals surface area contributed by atoms with Crippen LogP contribution in [0.5, 0.6) is 5.75 Å². The Bertz CT molecular complexity index is 948. The molecule has 1 aromatic heterocycles. The number of esters is 1. The summed E-state index contributed by atoms with van der Waals surface area (Å²) in [5.41, 5.74) is 2.86. The van der Waals surface area contributed by atoms with Crippen molar-refractivity contribution in [3.63, 3.8) is 0 Å². The van der Waals surface area contributed by atoms with E-state index in [1.54, 1.807) is 0 Å². The van der Waals surface area contributed by atoms with Crippen LogP contribution in [0.2, 0.25) is 0 Å². The number of carboxylic acids is 1. The Morgan fingerprint density at radius 3 is 2.63 bits per heavy atom. The second-order valence-electron chi connectivity index (χ2n) is 8.85. The lowest BCUT2D eigenvalue weighted by Crippen LogP contribution is -2.17. The van der Waals surface area contributed by atoms with Gasteiger partial charge < -0.3 is 14.3 Å². The average Bonchev–Trinajstić information content (AvgIpc) is 3.08. The number of furan rings is 1. The van der Waals surface area contributed by atoms with Gasteiger partial charge in [0.1, 0.15) is 17.1 Å². The fourth-order valence-electron chi connectivity index (χ4n) is 4.25. The largest absolute Gasteiger partial charge is 0.478 e. The fourth-order valence-corrected chi connectivity index (χ4v) is 4.25. The summed E-state index contributed by atoms with van der Waals surface area (Å²) in [6, 6.07) is 4.04. The van der Waals surface area contributed by atoms with E-state index in [0.29, 0.717) is 5.75 Å². The summed E-state index contributed by atoms with van der Waals surface area (Å²) >= 11 is 0. The second-order valence-corrected chi connectivity index (χ2v) is 8.85. The van der Waals surface area contributed by atoms with Crippen LogP contribution in [-0.2, 0) is 27.8 Å². The van der Waals surface area contributed by atoms with Crippen LogP contribution in [0.1, 0.15) is 82.6 Å². The number of carbonyl (C=O) groups excluding carboxylic acids is 1. The molecule has 2 aromatic rings. The highest BCUT2D eigenvalue weighted by Gasteiger charge is 2.27. The molecule has 1 heterocycles. The fraction of sp³-hybridized carbons (Fsp3) is 0.520. The van der Waals surface area contributed by atoms with Crippen LogP contribution < -0.4 is 4.74 Å². The van der Waals surface area contributed by atoms with Crippen molar-refractivity contribution in [3.8, 4) is 5.75 Å². The quantitative estimate of drug-likeness (QED) is 0.233. The molecule has 0 bridgehead atoms. The van der Waals surface area contributed by atoms with Crippen molar-refractivity contribution in [3.05, 3.63) is 41.2 Å². The van der Waals surface area contributed by atoms with Gasteiger partial charge in [0.05, 0.1) is 5.39 Å². The van der Waals surface area contributed by atoms with Gasteiger partial charge in [0.25, 0.3) is 0 Å². The Labute approximate surface area is 178 Å². The second kappa shape index (κ2) is 9.50. The van der Waals surface area contributed by atoms with Crippen molar-refractivity contribution in [1.82, 2.24) is 0 Å². The lowest BCUT2D eigenvalue weighted by Gasteiger charge is -2.26. The lowest BCUT2D eigenvalue weighted by molar-refractivity contribution is -0.133. The maximum Gasteiger partial charge on any atom is 0.336 e. The van der Waals surface area contributed by atoms with Crippen molar-refractivity contribution in [2.45, 2.75) is 84.0 Å². The van der Waals surface area contributed by atoms with Gasteiger partial charge in [-0.05, 0) is 48.8 Å². The number of aryl methyl sites for hydroxylation is 2. The highest BCUT2D eigenvalue weighted by molar-refractivity contribution is 5.96. The molecule has 5 nitrogen and oxygen atoms in total. The van der Waals surface area contributed by atoms with Crippen LogP contribution in [0.3, 0.4) is 0 Å². The Morgan fingerprint density at radius 2 is 1.90 bits per heavy atom. The van der Waals surface area contributed by atoms with Crippen LogP contribution in [0, 0.1) is 0 Å². The zero-order valence-electron chi connectivity index (χ0n) is 18.3. The van der Waals surface area contributed by atoms with Crippen LogP contribution in [0.15, 0.2) is 28.7 Å². The van der Waals surface area contributed by atoms with Gasteiger partial charge in [0.2, 0.25) is 0 Å². The minimum Gasteiger partial charge on any atom is -0.478 e. The number of carboxylic acid groups (broad SMARTS) is 1. The molecule has 0 aliphatic heterocycles. The van der Waals surface area contributed by atoms with Crippen molar-refractivity contribution < 1.29 is 23.8 Å². The summed E-state index contributed by atoms with van der Waals surface area (Å²) in [7, 11) is 0. The van der Waals surface area contributed by atoms with E-state index < -0.39 is 11.9 Å². The smallest absolute Gasteiger partial charge is 0.336 e. The van der Waals surface area contributed by atoms with Crippen LogP contribution in [0.4, 0.5) is 0 Å². The number of hydrogen-bond donors (Lipinski definition) is 1. The summed E-state index contributed by atoms with van der Waals surface area (Å²) < 4.78 is 11.8. The number of carbonyl (C=O) groups is 2. The van der Waals surface area contributed by atoms with Gasteiger partial charge in [-0.2, -0.15) is 0 Å². The van der Waals surface area contributed by atoms with Gasteiger partial charge in [0.15, 0.2) is 0 Å². The number of ether oxygens (including phenoxy) is 1. The monoisotopic (exact) mass is 412 g/mol. The third kappa shape index (κ3) is 5.13. The zero-order chi connectivity index (χ0) is 21.7. The number of rotatable bonds is 9. The molecule has 162 valence electrons. The first kappa shape index (κ1) is 22.1. The molecule has 3 rings (SSSR count). The van der Waals surface area contributed by atoms with Gasteiger partial charge in [-0.15, -0.1) is 0 Å². The van der Waals surface area contributed by atoms with E-state index in [-0.39, 0.29) is 5.41 Å². The van der Waals surface area contributed by atoms with Gasteiger partial charge in [-0.25, -0.2) is 9.59 Å². The number of hydrogen-bond acceptors (Lipinski definition) is 4. The van der Waals surface area contributed by atoms with Gasteiger partial charge in [-0.3, -0.25) is 0 Å². The third-order valence-electron chi connectivity index (χ3n) is 6.03. The number of benzene rings is 1. The summed E-state index contributed by atoms with van der Waals surface area (Å²) in [5, 5.41) is 9.64. The maximum absolute atomic E-state index is 12.3. The third-order valence-corrected chi connectivity index (χ3v) is 6.03. The Balaban J connectivity index is 1.99. The van der Waals surface area contributed by atoms with E-state index in [1.165, 1.54) is 19.3 Å². The van der Waals surface area contributed by atoms with Crippen molar-refractivity contribution in [2.24, 2.45) is 0 Å². The van der Waals surface area contributed by atoms with Gasteiger partial charge >= 0.3 is 11.9 Å². The topological polar surface area (TPSA) is 76.7 Å². The molecule has 0 spiro atoms. The van der Waals surface area contributed by atoms with Crippen LogP contribution in [-0.4, -0.2) is 17.0 Å². The number of unbranched alkanes of at least 4 members (excludes halogenated alkanes) is 3. The van der Waals surface area contributed by atoms with Crippen LogP contribution in [0.25, 0.3) is 11.0 Å². The van der Waals surface area contributed by atoms with Gasteiger partial charge in [-0.1, -0.05) is 46.5 Å². The molecule has 0 saturated heterocycles. The maximum atomic E-state index is 12.3. The predicted octanol–water partition coefficient (Wildman–Crippen LogP) is 6.11. The molecule has 0 atom stereocenters. The van der Waals surface area contributed by atoms with Crippen molar-refractivity contribution >= 4 is 22.9 Å². The van der Waals surface area contributed by atoms with Crippen LogP contribution >= 0.6 is 0 Å². The van der Waals surface area contributed by atoms with Crippen molar-refractivity contribution in [1.29, 1.82) is 0 Å². The molecule has 1 N–H and O–H groups in total. The van der Waals surface area contributed by atoms with E-state index in [1.807, 2.05) is 6.07 Å². The summed E-state index contributed by atoms with van der Waals surface area (Å²) in [5.74, 6) is -0.425. The highest BCUT2D eigenvalue weighted by Crippen LogP contribution is 2.42. The normalized spacial score (nSPS) is 14.2. The summed E-state index contributed by atoms with van der Waals surface area (Å²) in [6.07, 6.45) is 11.5. The predicted molar refractivity (Wildman–Crippen MR) is 117 cm³/mol. The molecule has 1 aromatic carbocycles.